The number of rotatable bonds is 4. The van der Waals surface area contributed by atoms with Gasteiger partial charge in [-0.05, 0) is 24.3 Å². The van der Waals surface area contributed by atoms with Gasteiger partial charge in [-0.15, -0.1) is 0 Å². The summed E-state index contributed by atoms with van der Waals surface area (Å²) in [6, 6.07) is 10.9. The Bertz CT molecular complexity index is 689. The highest BCUT2D eigenvalue weighted by molar-refractivity contribution is 5.93. The van der Waals surface area contributed by atoms with Gasteiger partial charge in [0, 0.05) is 30.9 Å². The predicted molar refractivity (Wildman–Crippen MR) is 74.3 cm³/mol. The van der Waals surface area contributed by atoms with Gasteiger partial charge in [0.1, 0.15) is 5.52 Å². The van der Waals surface area contributed by atoms with Crippen LogP contribution in [-0.2, 0) is 6.42 Å². The topological polar surface area (TPSA) is 68.0 Å². The van der Waals surface area contributed by atoms with Gasteiger partial charge >= 0.3 is 0 Å². The molecule has 0 atom stereocenters. The largest absolute Gasteiger partial charge is 0.441 e. The first-order valence-electron chi connectivity index (χ1n) is 6.35. The fourth-order valence-corrected chi connectivity index (χ4v) is 1.92. The molecular weight excluding hydrogens is 254 g/mol. The average molecular weight is 267 g/mol. The van der Waals surface area contributed by atoms with Gasteiger partial charge in [-0.25, -0.2) is 4.98 Å². The second kappa shape index (κ2) is 5.52. The number of nitrogens with zero attached hydrogens (tertiary/aromatic N) is 2. The van der Waals surface area contributed by atoms with E-state index in [0.29, 0.717) is 24.4 Å². The highest BCUT2D eigenvalue weighted by Crippen LogP contribution is 2.14. The van der Waals surface area contributed by atoms with Crippen LogP contribution in [-0.4, -0.2) is 22.4 Å². The number of benzene rings is 1. The van der Waals surface area contributed by atoms with Crippen LogP contribution in [0.5, 0.6) is 0 Å². The zero-order valence-electron chi connectivity index (χ0n) is 10.7. The van der Waals surface area contributed by atoms with Crippen LogP contribution in [0.1, 0.15) is 16.2 Å². The quantitative estimate of drug-likeness (QED) is 0.786. The van der Waals surface area contributed by atoms with Crippen LogP contribution in [0.4, 0.5) is 0 Å². The fraction of sp³-hybridized carbons (Fsp3) is 0.133. The smallest absolute Gasteiger partial charge is 0.251 e. The third kappa shape index (κ3) is 2.66. The summed E-state index contributed by atoms with van der Waals surface area (Å²) in [4.78, 5) is 20.0. The number of carbonyl (C=O) groups is 1. The van der Waals surface area contributed by atoms with Crippen molar-refractivity contribution in [2.24, 2.45) is 0 Å². The molecule has 20 heavy (non-hydrogen) atoms. The average Bonchev–Trinajstić information content (AvgIpc) is 2.90. The van der Waals surface area contributed by atoms with Crippen LogP contribution in [0.2, 0.25) is 0 Å². The molecule has 1 aromatic carbocycles. The first-order valence-corrected chi connectivity index (χ1v) is 6.35. The second-order valence-corrected chi connectivity index (χ2v) is 4.32. The van der Waals surface area contributed by atoms with Crippen molar-refractivity contribution in [3.63, 3.8) is 0 Å². The normalized spacial score (nSPS) is 10.6. The first kappa shape index (κ1) is 12.3. The van der Waals surface area contributed by atoms with Crippen LogP contribution >= 0.6 is 0 Å². The lowest BCUT2D eigenvalue weighted by Gasteiger charge is -2.02. The summed E-state index contributed by atoms with van der Waals surface area (Å²) < 4.78 is 5.58. The molecule has 2 heterocycles. The molecule has 5 heteroatoms. The Morgan fingerprint density at radius 1 is 1.15 bits per heavy atom. The van der Waals surface area contributed by atoms with Gasteiger partial charge < -0.3 is 9.73 Å². The Kier molecular flexibility index (Phi) is 3.41. The summed E-state index contributed by atoms with van der Waals surface area (Å²) in [5, 5.41) is 2.83. The lowest BCUT2D eigenvalue weighted by atomic mass is 10.2. The molecular formula is C15H13N3O2. The molecule has 2 aromatic heterocycles. The van der Waals surface area contributed by atoms with E-state index in [4.69, 9.17) is 4.42 Å². The van der Waals surface area contributed by atoms with Gasteiger partial charge in [0.2, 0.25) is 0 Å². The number of nitrogens with one attached hydrogen (secondary N) is 1. The number of pyridine rings is 1. The number of hydrogen-bond acceptors (Lipinski definition) is 4. The minimum Gasteiger partial charge on any atom is -0.441 e. The van der Waals surface area contributed by atoms with Crippen molar-refractivity contribution in [1.29, 1.82) is 0 Å². The minimum absolute atomic E-state index is 0.122. The van der Waals surface area contributed by atoms with Crippen molar-refractivity contribution in [3.05, 3.63) is 60.2 Å². The zero-order valence-corrected chi connectivity index (χ0v) is 10.7. The molecule has 100 valence electrons. The molecule has 0 unspecified atom stereocenters. The first-order chi connectivity index (χ1) is 9.83. The third-order valence-electron chi connectivity index (χ3n) is 2.91. The number of oxazole rings is 1. The third-order valence-corrected chi connectivity index (χ3v) is 2.91. The summed E-state index contributed by atoms with van der Waals surface area (Å²) >= 11 is 0. The Labute approximate surface area is 115 Å². The van der Waals surface area contributed by atoms with Gasteiger partial charge in [0.25, 0.3) is 5.91 Å². The Balaban J connectivity index is 1.58. The molecule has 0 saturated heterocycles. The standard InChI is InChI=1S/C15H13N3O2/c19-15(11-5-8-16-9-6-11)17-10-7-14-18-12-3-1-2-4-13(12)20-14/h1-6,8-9H,7,10H2,(H,17,19). The summed E-state index contributed by atoms with van der Waals surface area (Å²) in [6.45, 7) is 0.480. The SMILES string of the molecule is O=C(NCCc1nc2ccccc2o1)c1ccncc1. The van der Waals surface area contributed by atoms with Gasteiger partial charge in [-0.2, -0.15) is 0 Å². The number of amides is 1. The highest BCUT2D eigenvalue weighted by Gasteiger charge is 2.07. The summed E-state index contributed by atoms with van der Waals surface area (Å²) in [5.74, 6) is 0.504. The molecule has 3 rings (SSSR count). The van der Waals surface area contributed by atoms with E-state index in [-0.39, 0.29) is 5.91 Å². The molecule has 0 fully saturated rings. The van der Waals surface area contributed by atoms with Crippen LogP contribution in [0.25, 0.3) is 11.1 Å². The van der Waals surface area contributed by atoms with E-state index in [2.05, 4.69) is 15.3 Å². The number of para-hydroxylation sites is 2. The lowest BCUT2D eigenvalue weighted by molar-refractivity contribution is 0.0953. The zero-order chi connectivity index (χ0) is 13.8. The number of aromatic nitrogens is 2. The molecule has 0 aliphatic rings. The maximum atomic E-state index is 11.8. The van der Waals surface area contributed by atoms with Gasteiger partial charge in [-0.3, -0.25) is 9.78 Å². The van der Waals surface area contributed by atoms with Crippen molar-refractivity contribution < 1.29 is 9.21 Å². The van der Waals surface area contributed by atoms with Gasteiger partial charge in [0.05, 0.1) is 0 Å². The van der Waals surface area contributed by atoms with Crippen LogP contribution < -0.4 is 5.32 Å². The molecule has 5 nitrogen and oxygen atoms in total. The van der Waals surface area contributed by atoms with E-state index in [1.54, 1.807) is 24.5 Å². The lowest BCUT2D eigenvalue weighted by Crippen LogP contribution is -2.25. The van der Waals surface area contributed by atoms with Crippen LogP contribution in [0, 0.1) is 0 Å². The van der Waals surface area contributed by atoms with E-state index in [1.165, 1.54) is 0 Å². The number of carbonyl (C=O) groups excluding carboxylic acids is 1. The molecule has 0 saturated carbocycles. The molecule has 1 N–H and O–H groups in total. The maximum Gasteiger partial charge on any atom is 0.251 e. The number of hydrogen-bond donors (Lipinski definition) is 1. The van der Waals surface area contributed by atoms with Gasteiger partial charge in [0.15, 0.2) is 11.5 Å². The molecule has 0 aliphatic carbocycles. The summed E-state index contributed by atoms with van der Waals surface area (Å²) in [6.07, 6.45) is 3.75. The highest BCUT2D eigenvalue weighted by atomic mass is 16.3. The Morgan fingerprint density at radius 3 is 2.75 bits per heavy atom. The number of fused-ring (bicyclic) bond motifs is 1. The van der Waals surface area contributed by atoms with Crippen molar-refractivity contribution >= 4 is 17.0 Å². The summed E-state index contributed by atoms with van der Waals surface area (Å²) in [5.41, 5.74) is 2.20. The molecule has 0 spiro atoms. The monoisotopic (exact) mass is 267 g/mol. The minimum atomic E-state index is -0.122. The molecule has 1 amide bonds. The van der Waals surface area contributed by atoms with Crippen molar-refractivity contribution in [2.75, 3.05) is 6.54 Å². The van der Waals surface area contributed by atoms with Crippen molar-refractivity contribution in [1.82, 2.24) is 15.3 Å². The molecule has 0 bridgehead atoms. The molecule has 3 aromatic rings. The second-order valence-electron chi connectivity index (χ2n) is 4.32. The Hall–Kier alpha value is -2.69. The fourth-order valence-electron chi connectivity index (χ4n) is 1.92. The van der Waals surface area contributed by atoms with E-state index < -0.39 is 0 Å². The van der Waals surface area contributed by atoms with E-state index in [0.717, 1.165) is 11.1 Å². The molecule has 0 aliphatic heterocycles. The van der Waals surface area contributed by atoms with Crippen LogP contribution in [0.3, 0.4) is 0 Å². The maximum absolute atomic E-state index is 11.8. The van der Waals surface area contributed by atoms with Crippen molar-refractivity contribution in [2.45, 2.75) is 6.42 Å². The summed E-state index contributed by atoms with van der Waals surface area (Å²) in [7, 11) is 0. The van der Waals surface area contributed by atoms with Gasteiger partial charge in [-0.1, -0.05) is 12.1 Å². The Morgan fingerprint density at radius 2 is 1.95 bits per heavy atom. The van der Waals surface area contributed by atoms with E-state index >= 15 is 0 Å². The van der Waals surface area contributed by atoms with Crippen molar-refractivity contribution in [3.8, 4) is 0 Å². The van der Waals surface area contributed by atoms with E-state index in [1.807, 2.05) is 24.3 Å². The van der Waals surface area contributed by atoms with E-state index in [9.17, 15) is 4.79 Å². The van der Waals surface area contributed by atoms with Crippen LogP contribution in [0.15, 0.2) is 53.2 Å². The molecule has 0 radical (unpaired) electrons. The predicted octanol–water partition coefficient (Wildman–Crippen LogP) is 2.20.